The number of dihydropyridines is 1. The molecule has 1 aromatic heterocycles. The molecule has 2 heterocycles. The van der Waals surface area contributed by atoms with Gasteiger partial charge in [0, 0.05) is 24.2 Å². The molecule has 6 heteroatoms. The van der Waals surface area contributed by atoms with Crippen molar-refractivity contribution in [2.45, 2.75) is 26.8 Å². The number of rotatable bonds is 5. The Kier molecular flexibility index (Phi) is 4.84. The van der Waals surface area contributed by atoms with Crippen molar-refractivity contribution < 1.29 is 4.79 Å². The quantitative estimate of drug-likeness (QED) is 0.858. The molecule has 0 unspecified atom stereocenters. The number of hydrogen-bond donors (Lipinski definition) is 1. The first-order chi connectivity index (χ1) is 11.6. The van der Waals surface area contributed by atoms with Crippen LogP contribution in [0.2, 0.25) is 0 Å². The number of allylic oxidation sites excluding steroid dienone is 1. The number of aliphatic imine (C=N–C) groups is 1. The summed E-state index contributed by atoms with van der Waals surface area (Å²) >= 11 is 0. The molecule has 1 aromatic carbocycles. The lowest BCUT2D eigenvalue weighted by Gasteiger charge is -2.16. The average Bonchev–Trinajstić information content (AvgIpc) is 3.07. The Bertz CT molecular complexity index is 772. The van der Waals surface area contributed by atoms with E-state index in [1.165, 1.54) is 17.5 Å². The normalized spacial score (nSPS) is 14.5. The summed E-state index contributed by atoms with van der Waals surface area (Å²) in [5.74, 6) is -0.0612. The van der Waals surface area contributed by atoms with Gasteiger partial charge in [-0.1, -0.05) is 17.7 Å². The fourth-order valence-electron chi connectivity index (χ4n) is 2.69. The van der Waals surface area contributed by atoms with E-state index < -0.39 is 0 Å². The summed E-state index contributed by atoms with van der Waals surface area (Å²) < 4.78 is 1.75. The highest BCUT2D eigenvalue weighted by molar-refractivity contribution is 5.94. The van der Waals surface area contributed by atoms with Gasteiger partial charge >= 0.3 is 0 Å². The molecule has 0 saturated carbocycles. The van der Waals surface area contributed by atoms with Gasteiger partial charge in [-0.2, -0.15) is 5.10 Å². The molecule has 0 saturated heterocycles. The van der Waals surface area contributed by atoms with Crippen molar-refractivity contribution in [1.82, 2.24) is 20.1 Å². The molecule has 2 aromatic rings. The molecule has 24 heavy (non-hydrogen) atoms. The van der Waals surface area contributed by atoms with Gasteiger partial charge < -0.3 is 5.32 Å². The summed E-state index contributed by atoms with van der Waals surface area (Å²) in [5, 5.41) is 7.06. The highest BCUT2D eigenvalue weighted by atomic mass is 16.1. The van der Waals surface area contributed by atoms with E-state index in [0.29, 0.717) is 25.2 Å². The van der Waals surface area contributed by atoms with Gasteiger partial charge in [0.2, 0.25) is 0 Å². The van der Waals surface area contributed by atoms with Crippen LogP contribution in [-0.2, 0) is 6.54 Å². The Balaban J connectivity index is 1.56. The molecular formula is C18H21N5O. The maximum absolute atomic E-state index is 12.3. The van der Waals surface area contributed by atoms with E-state index in [1.807, 2.05) is 31.2 Å². The monoisotopic (exact) mass is 323 g/mol. The minimum Gasteiger partial charge on any atom is -0.348 e. The first-order valence-corrected chi connectivity index (χ1v) is 7.99. The second kappa shape index (κ2) is 7.21. The Morgan fingerprint density at radius 3 is 2.71 bits per heavy atom. The summed E-state index contributed by atoms with van der Waals surface area (Å²) in [4.78, 5) is 20.7. The van der Waals surface area contributed by atoms with Gasteiger partial charge in [0.15, 0.2) is 0 Å². The molecule has 1 amide bonds. The molecule has 0 fully saturated rings. The Hall–Kier alpha value is -2.76. The van der Waals surface area contributed by atoms with Crippen molar-refractivity contribution in [3.05, 3.63) is 59.2 Å². The molecule has 124 valence electrons. The lowest BCUT2D eigenvalue weighted by Crippen LogP contribution is -2.28. The largest absolute Gasteiger partial charge is 0.348 e. The van der Waals surface area contributed by atoms with Gasteiger partial charge in [-0.15, -0.1) is 0 Å². The predicted molar refractivity (Wildman–Crippen MR) is 93.2 cm³/mol. The lowest BCUT2D eigenvalue weighted by molar-refractivity contribution is 0.0957. The van der Waals surface area contributed by atoms with E-state index in [0.717, 1.165) is 17.7 Å². The summed E-state index contributed by atoms with van der Waals surface area (Å²) in [6.45, 7) is 6.04. The van der Waals surface area contributed by atoms with E-state index in [2.05, 4.69) is 27.3 Å². The molecule has 0 aliphatic carbocycles. The summed E-state index contributed by atoms with van der Waals surface area (Å²) in [5.41, 5.74) is 5.41. The standard InChI is InChI=1S/C18H21N5O/c1-13-7-14(2)20-8-17(13)9-21-18(24)16-5-3-15(4-6-16)10-23-12-19-11-22-23/h3-6,11-12H,7-10H2,1-2H3,(H,21,24). The number of amides is 1. The molecular weight excluding hydrogens is 302 g/mol. The SMILES string of the molecule is CC1=NCC(CNC(=O)c2ccc(Cn3cncn3)cc2)=C(C)C1. The zero-order valence-electron chi connectivity index (χ0n) is 14.0. The number of hydrogen-bond acceptors (Lipinski definition) is 4. The molecule has 1 aliphatic heterocycles. The molecule has 0 bridgehead atoms. The van der Waals surface area contributed by atoms with E-state index in [4.69, 9.17) is 0 Å². The number of nitrogens with one attached hydrogen (secondary N) is 1. The van der Waals surface area contributed by atoms with Crippen LogP contribution in [0.15, 0.2) is 53.1 Å². The van der Waals surface area contributed by atoms with Crippen LogP contribution in [0.1, 0.15) is 36.2 Å². The topological polar surface area (TPSA) is 72.2 Å². The van der Waals surface area contributed by atoms with Crippen molar-refractivity contribution in [1.29, 1.82) is 0 Å². The third-order valence-corrected chi connectivity index (χ3v) is 4.15. The smallest absolute Gasteiger partial charge is 0.251 e. The van der Waals surface area contributed by atoms with Crippen molar-refractivity contribution in [3.63, 3.8) is 0 Å². The Labute approximate surface area is 141 Å². The van der Waals surface area contributed by atoms with Gasteiger partial charge in [0.05, 0.1) is 13.1 Å². The summed E-state index contributed by atoms with van der Waals surface area (Å²) in [6.07, 6.45) is 4.09. The van der Waals surface area contributed by atoms with Crippen molar-refractivity contribution in [3.8, 4) is 0 Å². The van der Waals surface area contributed by atoms with Gasteiger partial charge in [-0.3, -0.25) is 9.79 Å². The van der Waals surface area contributed by atoms with Crippen LogP contribution in [-0.4, -0.2) is 39.5 Å². The predicted octanol–water partition coefficient (Wildman–Crippen LogP) is 2.24. The number of aromatic nitrogens is 3. The van der Waals surface area contributed by atoms with Crippen LogP contribution in [0.4, 0.5) is 0 Å². The van der Waals surface area contributed by atoms with Gasteiger partial charge in [-0.05, 0) is 37.1 Å². The molecule has 0 radical (unpaired) electrons. The average molecular weight is 323 g/mol. The maximum atomic E-state index is 12.3. The minimum absolute atomic E-state index is 0.0612. The Morgan fingerprint density at radius 2 is 2.04 bits per heavy atom. The van der Waals surface area contributed by atoms with Gasteiger partial charge in [0.1, 0.15) is 12.7 Å². The van der Waals surface area contributed by atoms with Crippen molar-refractivity contribution >= 4 is 11.6 Å². The highest BCUT2D eigenvalue weighted by Crippen LogP contribution is 2.15. The number of carbonyl (C=O) groups is 1. The number of nitrogens with zero attached hydrogens (tertiary/aromatic N) is 4. The highest BCUT2D eigenvalue weighted by Gasteiger charge is 2.11. The first kappa shape index (κ1) is 16.1. The van der Waals surface area contributed by atoms with Crippen LogP contribution >= 0.6 is 0 Å². The molecule has 3 rings (SSSR count). The molecule has 1 N–H and O–H groups in total. The van der Waals surface area contributed by atoms with E-state index in [9.17, 15) is 4.79 Å². The second-order valence-electron chi connectivity index (χ2n) is 6.08. The van der Waals surface area contributed by atoms with E-state index >= 15 is 0 Å². The van der Waals surface area contributed by atoms with Crippen molar-refractivity contribution in [2.75, 3.05) is 13.1 Å². The fourth-order valence-corrected chi connectivity index (χ4v) is 2.69. The van der Waals surface area contributed by atoms with Crippen LogP contribution in [0.5, 0.6) is 0 Å². The van der Waals surface area contributed by atoms with Crippen LogP contribution in [0, 0.1) is 0 Å². The molecule has 1 aliphatic rings. The third kappa shape index (κ3) is 3.95. The van der Waals surface area contributed by atoms with Crippen LogP contribution in [0.3, 0.4) is 0 Å². The Morgan fingerprint density at radius 1 is 1.25 bits per heavy atom. The fraction of sp³-hybridized carbons (Fsp3) is 0.333. The number of benzene rings is 1. The summed E-state index contributed by atoms with van der Waals surface area (Å²) in [6, 6.07) is 7.56. The van der Waals surface area contributed by atoms with Crippen LogP contribution in [0.25, 0.3) is 0 Å². The minimum atomic E-state index is -0.0612. The van der Waals surface area contributed by atoms with Gasteiger partial charge in [0.25, 0.3) is 5.91 Å². The van der Waals surface area contributed by atoms with Crippen LogP contribution < -0.4 is 5.32 Å². The van der Waals surface area contributed by atoms with E-state index in [1.54, 1.807) is 11.0 Å². The lowest BCUT2D eigenvalue weighted by atomic mass is 10.0. The molecule has 0 atom stereocenters. The maximum Gasteiger partial charge on any atom is 0.251 e. The zero-order valence-corrected chi connectivity index (χ0v) is 14.0. The zero-order chi connectivity index (χ0) is 16.9. The summed E-state index contributed by atoms with van der Waals surface area (Å²) in [7, 11) is 0. The third-order valence-electron chi connectivity index (χ3n) is 4.15. The second-order valence-corrected chi connectivity index (χ2v) is 6.08. The molecule has 0 spiro atoms. The van der Waals surface area contributed by atoms with E-state index in [-0.39, 0.29) is 5.91 Å². The van der Waals surface area contributed by atoms with Gasteiger partial charge in [-0.25, -0.2) is 9.67 Å². The van der Waals surface area contributed by atoms with Crippen molar-refractivity contribution in [2.24, 2.45) is 4.99 Å². The molecule has 6 nitrogen and oxygen atoms in total. The first-order valence-electron chi connectivity index (χ1n) is 7.99. The number of carbonyl (C=O) groups excluding carboxylic acids is 1.